The molecule has 0 fully saturated rings. The minimum absolute atomic E-state index is 0.401. The van der Waals surface area contributed by atoms with Gasteiger partial charge in [0.05, 0.1) is 47.7 Å². The van der Waals surface area contributed by atoms with Gasteiger partial charge in [-0.1, -0.05) is 74.6 Å². The fraction of sp³-hybridized carbons (Fsp3) is 0.217. The van der Waals surface area contributed by atoms with Crippen molar-refractivity contribution < 1.29 is 0 Å². The maximum atomic E-state index is 2.45. The third-order valence-electron chi connectivity index (χ3n) is 5.04. The van der Waals surface area contributed by atoms with Crippen LogP contribution in [0.3, 0.4) is 0 Å². The SMILES string of the molecule is CC(C)c1cccc2c1sc1c(N(I)c3ccc([Si](C)C)cc3)cccc12. The van der Waals surface area contributed by atoms with E-state index in [9.17, 15) is 0 Å². The molecule has 0 aliphatic rings. The van der Waals surface area contributed by atoms with Gasteiger partial charge >= 0.3 is 0 Å². The predicted octanol–water partition coefficient (Wildman–Crippen LogP) is 7.63. The largest absolute Gasteiger partial charge is 0.282 e. The molecule has 0 spiro atoms. The fourth-order valence-electron chi connectivity index (χ4n) is 3.50. The summed E-state index contributed by atoms with van der Waals surface area (Å²) >= 11 is 4.38. The van der Waals surface area contributed by atoms with Crippen LogP contribution in [0, 0.1) is 0 Å². The minimum Gasteiger partial charge on any atom is -0.282 e. The van der Waals surface area contributed by atoms with Crippen LogP contribution in [0.15, 0.2) is 60.7 Å². The summed E-state index contributed by atoms with van der Waals surface area (Å²) in [7, 11) is -0.401. The molecule has 4 rings (SSSR count). The Balaban J connectivity index is 1.86. The van der Waals surface area contributed by atoms with E-state index in [1.165, 1.54) is 42.3 Å². The van der Waals surface area contributed by atoms with Gasteiger partial charge < -0.3 is 0 Å². The molecule has 0 aliphatic heterocycles. The topological polar surface area (TPSA) is 3.24 Å². The smallest absolute Gasteiger partial charge is 0.0791 e. The molecule has 0 atom stereocenters. The van der Waals surface area contributed by atoms with Crippen molar-refractivity contribution >= 4 is 79.7 Å². The molecule has 1 heterocycles. The van der Waals surface area contributed by atoms with Crippen molar-refractivity contribution in [2.75, 3.05) is 3.11 Å². The lowest BCUT2D eigenvalue weighted by Crippen LogP contribution is -2.22. The molecule has 4 aromatic rings. The second-order valence-electron chi connectivity index (χ2n) is 7.46. The Morgan fingerprint density at radius 1 is 0.852 bits per heavy atom. The molecule has 0 N–H and O–H groups in total. The number of hydrogen-bond acceptors (Lipinski definition) is 2. The summed E-state index contributed by atoms with van der Waals surface area (Å²) in [6.45, 7) is 9.24. The summed E-state index contributed by atoms with van der Waals surface area (Å²) in [6, 6.07) is 22.5. The molecule has 1 nitrogen and oxygen atoms in total. The molecule has 4 heteroatoms. The second kappa shape index (κ2) is 7.57. The van der Waals surface area contributed by atoms with Crippen LogP contribution in [0.5, 0.6) is 0 Å². The van der Waals surface area contributed by atoms with E-state index in [1.54, 1.807) is 0 Å². The molecule has 3 aromatic carbocycles. The number of benzene rings is 3. The van der Waals surface area contributed by atoms with Gasteiger partial charge in [-0.05, 0) is 29.7 Å². The highest BCUT2D eigenvalue weighted by Crippen LogP contribution is 2.44. The van der Waals surface area contributed by atoms with Gasteiger partial charge in [-0.25, -0.2) is 0 Å². The van der Waals surface area contributed by atoms with E-state index in [-0.39, 0.29) is 0 Å². The van der Waals surface area contributed by atoms with Crippen molar-refractivity contribution in [1.29, 1.82) is 0 Å². The number of hydrogen-bond donors (Lipinski definition) is 0. The molecule has 0 amide bonds. The van der Waals surface area contributed by atoms with Crippen molar-refractivity contribution in [2.45, 2.75) is 32.9 Å². The van der Waals surface area contributed by atoms with Gasteiger partial charge in [0.15, 0.2) is 0 Å². The van der Waals surface area contributed by atoms with Crippen LogP contribution >= 0.6 is 34.2 Å². The first kappa shape index (κ1) is 19.0. The molecule has 27 heavy (non-hydrogen) atoms. The quantitative estimate of drug-likeness (QED) is 0.158. The lowest BCUT2D eigenvalue weighted by atomic mass is 10.0. The Morgan fingerprint density at radius 2 is 1.48 bits per heavy atom. The van der Waals surface area contributed by atoms with Crippen molar-refractivity contribution in [2.24, 2.45) is 0 Å². The summed E-state index contributed by atoms with van der Waals surface area (Å²) in [5, 5.41) is 4.23. The molecular weight excluding hydrogens is 477 g/mol. The van der Waals surface area contributed by atoms with Crippen LogP contribution in [-0.2, 0) is 0 Å². The number of anilines is 2. The minimum atomic E-state index is -0.401. The summed E-state index contributed by atoms with van der Waals surface area (Å²) in [5.74, 6) is 0.535. The van der Waals surface area contributed by atoms with Gasteiger partial charge in [0.2, 0.25) is 0 Å². The van der Waals surface area contributed by atoms with E-state index in [0.29, 0.717) is 5.92 Å². The Kier molecular flexibility index (Phi) is 5.31. The van der Waals surface area contributed by atoms with Crippen LogP contribution in [0.1, 0.15) is 25.3 Å². The lowest BCUT2D eigenvalue weighted by Gasteiger charge is -2.18. The Labute approximate surface area is 181 Å². The zero-order valence-corrected chi connectivity index (χ0v) is 20.1. The highest BCUT2D eigenvalue weighted by Gasteiger charge is 2.16. The zero-order chi connectivity index (χ0) is 19.1. The van der Waals surface area contributed by atoms with Crippen LogP contribution in [0.25, 0.3) is 20.2 Å². The summed E-state index contributed by atoms with van der Waals surface area (Å²) in [4.78, 5) is 0. The van der Waals surface area contributed by atoms with Crippen LogP contribution in [0.4, 0.5) is 11.4 Å². The van der Waals surface area contributed by atoms with Gasteiger partial charge in [-0.3, -0.25) is 3.11 Å². The Bertz CT molecular complexity index is 1100. The van der Waals surface area contributed by atoms with Gasteiger partial charge in [0.25, 0.3) is 0 Å². The number of halogens is 1. The zero-order valence-electron chi connectivity index (χ0n) is 16.1. The van der Waals surface area contributed by atoms with Crippen molar-refractivity contribution in [1.82, 2.24) is 0 Å². The number of thiophene rings is 1. The van der Waals surface area contributed by atoms with Gasteiger partial charge in [-0.15, -0.1) is 11.3 Å². The molecule has 137 valence electrons. The normalized spacial score (nSPS) is 11.8. The maximum absolute atomic E-state index is 2.45. The van der Waals surface area contributed by atoms with Crippen LogP contribution < -0.4 is 8.30 Å². The van der Waals surface area contributed by atoms with Gasteiger partial charge in [0.1, 0.15) is 0 Å². The standard InChI is InChI=1S/C23H23INSSi/c1-15(2)18-7-5-8-19-20-9-6-10-21(23(20)26-22(18)19)25(24)16-11-13-17(14-12-16)27(3)4/h5-15H,1-4H3. The first-order valence-corrected chi connectivity index (χ1v) is 13.6. The predicted molar refractivity (Wildman–Crippen MR) is 133 cm³/mol. The maximum Gasteiger partial charge on any atom is 0.0791 e. The van der Waals surface area contributed by atoms with Crippen molar-refractivity contribution in [3.05, 3.63) is 66.2 Å². The molecule has 0 bridgehead atoms. The van der Waals surface area contributed by atoms with Crippen LogP contribution in [-0.4, -0.2) is 8.80 Å². The van der Waals surface area contributed by atoms with Gasteiger partial charge in [-0.2, -0.15) is 0 Å². The third kappa shape index (κ3) is 3.43. The van der Waals surface area contributed by atoms with Gasteiger partial charge in [0, 0.05) is 15.5 Å². The molecule has 1 aromatic heterocycles. The van der Waals surface area contributed by atoms with Crippen molar-refractivity contribution in [3.63, 3.8) is 0 Å². The highest BCUT2D eigenvalue weighted by molar-refractivity contribution is 14.1. The summed E-state index contributed by atoms with van der Waals surface area (Å²) in [6.07, 6.45) is 0. The molecule has 0 aliphatic carbocycles. The first-order chi connectivity index (χ1) is 13.0. The van der Waals surface area contributed by atoms with E-state index in [1.807, 2.05) is 11.3 Å². The van der Waals surface area contributed by atoms with E-state index < -0.39 is 8.80 Å². The van der Waals surface area contributed by atoms with E-state index in [4.69, 9.17) is 0 Å². The monoisotopic (exact) mass is 500 g/mol. The van der Waals surface area contributed by atoms with Crippen LogP contribution in [0.2, 0.25) is 13.1 Å². The van der Waals surface area contributed by atoms with E-state index in [2.05, 4.69) is 114 Å². The van der Waals surface area contributed by atoms with E-state index in [0.717, 1.165) is 0 Å². The lowest BCUT2D eigenvalue weighted by molar-refractivity contribution is 0.878. The van der Waals surface area contributed by atoms with Crippen molar-refractivity contribution in [3.8, 4) is 0 Å². The number of nitrogens with zero attached hydrogens (tertiary/aromatic N) is 1. The number of rotatable bonds is 4. The molecule has 0 saturated heterocycles. The average Bonchev–Trinajstić information content (AvgIpc) is 3.06. The molecule has 1 radical (unpaired) electrons. The summed E-state index contributed by atoms with van der Waals surface area (Å²) < 4.78 is 5.10. The highest BCUT2D eigenvalue weighted by atomic mass is 127. The Hall–Kier alpha value is -1.37. The van der Waals surface area contributed by atoms with E-state index >= 15 is 0 Å². The summed E-state index contributed by atoms with van der Waals surface area (Å²) in [5.41, 5.74) is 3.96. The molecule has 0 saturated carbocycles. The molecule has 0 unspecified atom stereocenters. The second-order valence-corrected chi connectivity index (χ2v) is 12.0. The molecular formula is C23H23INSSi. The average molecular weight is 501 g/mol. The Morgan fingerprint density at radius 3 is 2.11 bits per heavy atom. The number of fused-ring (bicyclic) bond motifs is 3. The third-order valence-corrected chi connectivity index (χ3v) is 8.90. The first-order valence-electron chi connectivity index (χ1n) is 9.28. The fourth-order valence-corrected chi connectivity index (χ4v) is 6.69.